The predicted octanol–water partition coefficient (Wildman–Crippen LogP) is 5.72. The van der Waals surface area contributed by atoms with Gasteiger partial charge in [-0.2, -0.15) is 0 Å². The summed E-state index contributed by atoms with van der Waals surface area (Å²) in [6.07, 6.45) is 4.29. The van der Waals surface area contributed by atoms with Crippen molar-refractivity contribution in [3.05, 3.63) is 89.2 Å². The molecule has 1 fully saturated rings. The third kappa shape index (κ3) is 4.95. The van der Waals surface area contributed by atoms with Gasteiger partial charge in [0.15, 0.2) is 11.5 Å². The zero-order valence-electron chi connectivity index (χ0n) is 18.3. The second-order valence-electron chi connectivity index (χ2n) is 8.50. The Morgan fingerprint density at radius 1 is 0.939 bits per heavy atom. The molecular formula is C27H26FNO4. The van der Waals surface area contributed by atoms with Crippen molar-refractivity contribution in [2.24, 2.45) is 0 Å². The van der Waals surface area contributed by atoms with Crippen LogP contribution in [0.25, 0.3) is 0 Å². The molecule has 0 aromatic heterocycles. The molecule has 1 amide bonds. The zero-order valence-corrected chi connectivity index (χ0v) is 18.3. The quantitative estimate of drug-likeness (QED) is 0.465. The number of benzene rings is 3. The van der Waals surface area contributed by atoms with Gasteiger partial charge in [0.1, 0.15) is 18.2 Å². The number of rotatable bonds is 7. The van der Waals surface area contributed by atoms with Crippen molar-refractivity contribution in [1.82, 2.24) is 4.90 Å². The van der Waals surface area contributed by atoms with E-state index in [0.29, 0.717) is 30.2 Å². The van der Waals surface area contributed by atoms with E-state index in [0.717, 1.165) is 42.6 Å². The van der Waals surface area contributed by atoms with Gasteiger partial charge in [0, 0.05) is 18.2 Å². The second-order valence-corrected chi connectivity index (χ2v) is 8.50. The van der Waals surface area contributed by atoms with Crippen LogP contribution in [0, 0.1) is 5.82 Å². The normalized spacial score (nSPS) is 14.9. The van der Waals surface area contributed by atoms with Crippen LogP contribution >= 0.6 is 0 Å². The van der Waals surface area contributed by atoms with Gasteiger partial charge in [0.05, 0.1) is 0 Å². The summed E-state index contributed by atoms with van der Waals surface area (Å²) in [5, 5.41) is 0. The van der Waals surface area contributed by atoms with Gasteiger partial charge in [0.25, 0.3) is 5.91 Å². The van der Waals surface area contributed by atoms with Crippen LogP contribution in [0.5, 0.6) is 17.2 Å². The van der Waals surface area contributed by atoms with Gasteiger partial charge in [-0.1, -0.05) is 37.1 Å². The average Bonchev–Trinajstić information content (AvgIpc) is 3.54. The Morgan fingerprint density at radius 2 is 1.73 bits per heavy atom. The number of hydrogen-bond donors (Lipinski definition) is 0. The van der Waals surface area contributed by atoms with E-state index in [2.05, 4.69) is 0 Å². The fraction of sp³-hybridized carbons (Fsp3) is 0.296. The molecule has 5 nitrogen and oxygen atoms in total. The summed E-state index contributed by atoms with van der Waals surface area (Å²) in [5.41, 5.74) is 2.51. The minimum absolute atomic E-state index is 0.00201. The van der Waals surface area contributed by atoms with E-state index in [1.54, 1.807) is 30.3 Å². The largest absolute Gasteiger partial charge is 0.489 e. The molecule has 1 aliphatic carbocycles. The molecule has 0 unspecified atom stereocenters. The minimum Gasteiger partial charge on any atom is -0.489 e. The number of halogens is 1. The molecule has 0 spiro atoms. The van der Waals surface area contributed by atoms with E-state index in [9.17, 15) is 9.18 Å². The van der Waals surface area contributed by atoms with Gasteiger partial charge in [-0.3, -0.25) is 4.79 Å². The van der Waals surface area contributed by atoms with E-state index >= 15 is 0 Å². The Kier molecular flexibility index (Phi) is 6.15. The summed E-state index contributed by atoms with van der Waals surface area (Å²) in [5.74, 6) is 1.74. The van der Waals surface area contributed by atoms with Gasteiger partial charge < -0.3 is 19.1 Å². The molecule has 1 aliphatic heterocycles. The molecule has 5 rings (SSSR count). The summed E-state index contributed by atoms with van der Waals surface area (Å²) >= 11 is 0. The van der Waals surface area contributed by atoms with Crippen LogP contribution in [0.2, 0.25) is 0 Å². The fourth-order valence-electron chi connectivity index (χ4n) is 4.46. The molecule has 0 radical (unpaired) electrons. The van der Waals surface area contributed by atoms with Crippen molar-refractivity contribution in [3.8, 4) is 17.2 Å². The highest BCUT2D eigenvalue weighted by Gasteiger charge is 2.28. The van der Waals surface area contributed by atoms with Crippen molar-refractivity contribution in [2.75, 3.05) is 6.79 Å². The Bertz CT molecular complexity index is 1130. The highest BCUT2D eigenvalue weighted by molar-refractivity contribution is 5.95. The maximum Gasteiger partial charge on any atom is 0.254 e. The topological polar surface area (TPSA) is 48.0 Å². The van der Waals surface area contributed by atoms with Crippen molar-refractivity contribution >= 4 is 5.91 Å². The summed E-state index contributed by atoms with van der Waals surface area (Å²) in [4.78, 5) is 15.5. The summed E-state index contributed by atoms with van der Waals surface area (Å²) in [6.45, 7) is 1.04. The van der Waals surface area contributed by atoms with Crippen molar-refractivity contribution < 1.29 is 23.4 Å². The molecule has 3 aromatic rings. The standard InChI is InChI=1S/C27H26FNO4/c28-22-11-8-19(9-12-22)17-31-24-7-3-4-20(14-24)16-29(23-5-1-2-6-23)27(30)21-10-13-25-26(15-21)33-18-32-25/h3-4,7-15,23H,1-2,5-6,16-18H2. The molecule has 6 heteroatoms. The monoisotopic (exact) mass is 447 g/mol. The summed E-state index contributed by atoms with van der Waals surface area (Å²) in [6, 6.07) is 19.7. The SMILES string of the molecule is O=C(c1ccc2c(c1)OCO2)N(Cc1cccc(OCc2ccc(F)cc2)c1)C1CCCC1. The third-order valence-corrected chi connectivity index (χ3v) is 6.22. The van der Waals surface area contributed by atoms with E-state index in [4.69, 9.17) is 14.2 Å². The van der Waals surface area contributed by atoms with Crippen molar-refractivity contribution in [2.45, 2.75) is 44.9 Å². The van der Waals surface area contributed by atoms with E-state index < -0.39 is 0 Å². The van der Waals surface area contributed by atoms with Crippen LogP contribution in [0.3, 0.4) is 0 Å². The Hall–Kier alpha value is -3.54. The first-order valence-electron chi connectivity index (χ1n) is 11.3. The van der Waals surface area contributed by atoms with Gasteiger partial charge >= 0.3 is 0 Å². The fourth-order valence-corrected chi connectivity index (χ4v) is 4.46. The number of ether oxygens (including phenoxy) is 3. The lowest BCUT2D eigenvalue weighted by atomic mass is 10.1. The third-order valence-electron chi connectivity index (χ3n) is 6.22. The Labute approximate surface area is 192 Å². The molecule has 0 N–H and O–H groups in total. The van der Waals surface area contributed by atoms with Gasteiger partial charge in [-0.05, 0) is 66.4 Å². The number of amides is 1. The summed E-state index contributed by atoms with van der Waals surface area (Å²) in [7, 11) is 0. The Morgan fingerprint density at radius 3 is 2.55 bits per heavy atom. The summed E-state index contributed by atoms with van der Waals surface area (Å²) < 4.78 is 29.9. The number of carbonyl (C=O) groups excluding carboxylic acids is 1. The van der Waals surface area contributed by atoms with Gasteiger partial charge in [-0.25, -0.2) is 4.39 Å². The Balaban J connectivity index is 1.32. The lowest BCUT2D eigenvalue weighted by Gasteiger charge is -2.29. The highest BCUT2D eigenvalue weighted by Crippen LogP contribution is 2.34. The van der Waals surface area contributed by atoms with Crippen LogP contribution in [-0.2, 0) is 13.2 Å². The van der Waals surface area contributed by atoms with Crippen LogP contribution in [-0.4, -0.2) is 23.6 Å². The lowest BCUT2D eigenvalue weighted by molar-refractivity contribution is 0.0664. The number of carbonyl (C=O) groups is 1. The van der Waals surface area contributed by atoms with Gasteiger partial charge in [-0.15, -0.1) is 0 Å². The first kappa shape index (κ1) is 21.3. The zero-order chi connectivity index (χ0) is 22.6. The highest BCUT2D eigenvalue weighted by atomic mass is 19.1. The lowest BCUT2D eigenvalue weighted by Crippen LogP contribution is -2.38. The predicted molar refractivity (Wildman–Crippen MR) is 122 cm³/mol. The number of hydrogen-bond acceptors (Lipinski definition) is 4. The van der Waals surface area contributed by atoms with Crippen molar-refractivity contribution in [1.29, 1.82) is 0 Å². The molecule has 0 bridgehead atoms. The molecular weight excluding hydrogens is 421 g/mol. The average molecular weight is 448 g/mol. The van der Waals surface area contributed by atoms with Crippen LogP contribution in [0.4, 0.5) is 4.39 Å². The molecule has 0 saturated heterocycles. The number of fused-ring (bicyclic) bond motifs is 1. The first-order chi connectivity index (χ1) is 16.2. The van der Waals surface area contributed by atoms with Crippen molar-refractivity contribution in [3.63, 3.8) is 0 Å². The molecule has 1 heterocycles. The minimum atomic E-state index is -0.264. The van der Waals surface area contributed by atoms with E-state index in [-0.39, 0.29) is 24.6 Å². The molecule has 1 saturated carbocycles. The number of nitrogens with zero attached hydrogens (tertiary/aromatic N) is 1. The molecule has 0 atom stereocenters. The van der Waals surface area contributed by atoms with E-state index in [1.807, 2.05) is 29.2 Å². The molecule has 33 heavy (non-hydrogen) atoms. The van der Waals surface area contributed by atoms with E-state index in [1.165, 1.54) is 12.1 Å². The first-order valence-corrected chi connectivity index (χ1v) is 11.3. The molecule has 2 aliphatic rings. The molecule has 170 valence electrons. The maximum atomic E-state index is 13.5. The molecule has 3 aromatic carbocycles. The smallest absolute Gasteiger partial charge is 0.254 e. The maximum absolute atomic E-state index is 13.5. The second kappa shape index (κ2) is 9.53. The van der Waals surface area contributed by atoms with Crippen LogP contribution < -0.4 is 14.2 Å². The van der Waals surface area contributed by atoms with Gasteiger partial charge in [0.2, 0.25) is 6.79 Å². The van der Waals surface area contributed by atoms with Crippen LogP contribution in [0.15, 0.2) is 66.7 Å². The van der Waals surface area contributed by atoms with Crippen LogP contribution in [0.1, 0.15) is 47.2 Å².